The van der Waals surface area contributed by atoms with E-state index < -0.39 is 0 Å². The Kier molecular flexibility index (Phi) is 4.71. The number of anilines is 1. The molecular weight excluding hydrogens is 296 g/mol. The van der Waals surface area contributed by atoms with Crippen molar-refractivity contribution >= 4 is 29.3 Å². The van der Waals surface area contributed by atoms with E-state index in [4.69, 9.17) is 0 Å². The summed E-state index contributed by atoms with van der Waals surface area (Å²) in [7, 11) is 0. The van der Waals surface area contributed by atoms with Crippen LogP contribution in [0.25, 0.3) is 0 Å². The second-order valence-corrected chi connectivity index (χ2v) is 7.44. The fourth-order valence-electron chi connectivity index (χ4n) is 3.28. The largest absolute Gasteiger partial charge is 0.348 e. The smallest absolute Gasteiger partial charge is 0.251 e. The third-order valence-corrected chi connectivity index (χ3v) is 5.74. The molecule has 0 radical (unpaired) electrons. The maximum atomic E-state index is 12.5. The van der Waals surface area contributed by atoms with Crippen LogP contribution in [0, 0.1) is 0 Å². The molecule has 1 aromatic carbocycles. The third kappa shape index (κ3) is 3.29. The first kappa shape index (κ1) is 15.4. The molecule has 1 saturated carbocycles. The quantitative estimate of drug-likeness (QED) is 0.897. The number of amides is 2. The van der Waals surface area contributed by atoms with Crippen LogP contribution in [-0.2, 0) is 11.2 Å². The normalized spacial score (nSPS) is 23.8. The van der Waals surface area contributed by atoms with Crippen molar-refractivity contribution in [2.45, 2.75) is 50.3 Å². The molecule has 0 bridgehead atoms. The summed E-state index contributed by atoms with van der Waals surface area (Å²) in [5.74, 6) is 1.15. The minimum Gasteiger partial charge on any atom is -0.348 e. The number of hydrogen-bond acceptors (Lipinski definition) is 3. The van der Waals surface area contributed by atoms with Crippen LogP contribution in [-0.4, -0.2) is 28.9 Å². The van der Waals surface area contributed by atoms with Gasteiger partial charge in [0.05, 0.1) is 0 Å². The van der Waals surface area contributed by atoms with Crippen molar-refractivity contribution in [1.82, 2.24) is 5.32 Å². The van der Waals surface area contributed by atoms with E-state index in [1.165, 1.54) is 12.8 Å². The summed E-state index contributed by atoms with van der Waals surface area (Å²) in [6.07, 6.45) is 4.67. The van der Waals surface area contributed by atoms with Crippen molar-refractivity contribution in [3.63, 3.8) is 0 Å². The van der Waals surface area contributed by atoms with Gasteiger partial charge < -0.3 is 10.6 Å². The van der Waals surface area contributed by atoms with Gasteiger partial charge in [0.1, 0.15) is 0 Å². The van der Waals surface area contributed by atoms with E-state index in [9.17, 15) is 9.59 Å². The Bertz CT molecular complexity index is 588. The predicted molar refractivity (Wildman–Crippen MR) is 90.4 cm³/mol. The number of nitrogens with one attached hydrogen (secondary N) is 2. The van der Waals surface area contributed by atoms with Crippen molar-refractivity contribution in [1.29, 1.82) is 0 Å². The second kappa shape index (κ2) is 6.73. The maximum Gasteiger partial charge on any atom is 0.251 e. The van der Waals surface area contributed by atoms with Crippen molar-refractivity contribution in [2.75, 3.05) is 11.1 Å². The van der Waals surface area contributed by atoms with E-state index in [2.05, 4.69) is 17.6 Å². The average molecular weight is 318 g/mol. The number of hydrogen-bond donors (Lipinski definition) is 2. The van der Waals surface area contributed by atoms with E-state index in [0.29, 0.717) is 23.7 Å². The van der Waals surface area contributed by atoms with Gasteiger partial charge in [-0.15, -0.1) is 0 Å². The average Bonchev–Trinajstić information content (AvgIpc) is 2.94. The van der Waals surface area contributed by atoms with Gasteiger partial charge in [0.2, 0.25) is 5.91 Å². The van der Waals surface area contributed by atoms with E-state index in [-0.39, 0.29) is 17.9 Å². The molecular formula is C17H22N2O2S. The summed E-state index contributed by atoms with van der Waals surface area (Å²) >= 11 is 1.95. The molecule has 2 N–H and O–H groups in total. The zero-order chi connectivity index (χ0) is 15.5. The lowest BCUT2D eigenvalue weighted by atomic mass is 10.00. The number of carbonyl (C=O) groups is 2. The molecule has 0 spiro atoms. The number of aryl methyl sites for hydroxylation is 1. The van der Waals surface area contributed by atoms with Crippen LogP contribution in [0.4, 0.5) is 5.69 Å². The Hall–Kier alpha value is -1.49. The monoisotopic (exact) mass is 318 g/mol. The molecule has 2 amide bonds. The molecule has 1 aliphatic heterocycles. The first-order valence-electron chi connectivity index (χ1n) is 8.02. The van der Waals surface area contributed by atoms with Gasteiger partial charge in [-0.3, -0.25) is 9.59 Å². The highest BCUT2D eigenvalue weighted by Gasteiger charge is 2.28. The highest BCUT2D eigenvalue weighted by molar-refractivity contribution is 7.99. The second-order valence-electron chi connectivity index (χ2n) is 5.92. The number of carbonyl (C=O) groups excluding carboxylic acids is 2. The van der Waals surface area contributed by atoms with Gasteiger partial charge >= 0.3 is 0 Å². The molecule has 1 aromatic rings. The highest BCUT2D eigenvalue weighted by atomic mass is 32.2. The first-order chi connectivity index (χ1) is 10.7. The molecule has 22 heavy (non-hydrogen) atoms. The van der Waals surface area contributed by atoms with Gasteiger partial charge in [-0.2, -0.15) is 11.8 Å². The summed E-state index contributed by atoms with van der Waals surface area (Å²) in [6.45, 7) is 2.17. The van der Waals surface area contributed by atoms with Crippen molar-refractivity contribution < 1.29 is 9.59 Å². The highest BCUT2D eigenvalue weighted by Crippen LogP contribution is 2.30. The summed E-state index contributed by atoms with van der Waals surface area (Å²) in [4.78, 5) is 23.9. The zero-order valence-electron chi connectivity index (χ0n) is 12.9. The summed E-state index contributed by atoms with van der Waals surface area (Å²) in [5, 5.41) is 6.59. The molecule has 5 heteroatoms. The number of benzene rings is 1. The molecule has 1 aliphatic carbocycles. The van der Waals surface area contributed by atoms with Gasteiger partial charge in [0.15, 0.2) is 0 Å². The van der Waals surface area contributed by atoms with Crippen LogP contribution >= 0.6 is 11.8 Å². The van der Waals surface area contributed by atoms with Gasteiger partial charge in [0, 0.05) is 29.0 Å². The van der Waals surface area contributed by atoms with Crippen LogP contribution in [0.1, 0.15) is 48.5 Å². The Morgan fingerprint density at radius 3 is 3.05 bits per heavy atom. The summed E-state index contributed by atoms with van der Waals surface area (Å²) in [6, 6.07) is 5.85. The Labute approximate surface area is 135 Å². The lowest BCUT2D eigenvalue weighted by Gasteiger charge is -2.21. The van der Waals surface area contributed by atoms with E-state index in [0.717, 1.165) is 23.4 Å². The van der Waals surface area contributed by atoms with E-state index in [1.807, 2.05) is 23.9 Å². The zero-order valence-corrected chi connectivity index (χ0v) is 13.7. The first-order valence-corrected chi connectivity index (χ1v) is 9.07. The number of thioether (sulfide) groups is 1. The molecule has 1 fully saturated rings. The minimum absolute atomic E-state index is 0.00769. The minimum atomic E-state index is 0.00769. The number of rotatable bonds is 4. The third-order valence-electron chi connectivity index (χ3n) is 4.41. The Balaban J connectivity index is 1.69. The van der Waals surface area contributed by atoms with Gasteiger partial charge in [-0.1, -0.05) is 13.3 Å². The maximum absolute atomic E-state index is 12.5. The molecule has 2 unspecified atom stereocenters. The van der Waals surface area contributed by atoms with Gasteiger partial charge in [0.25, 0.3) is 5.91 Å². The molecule has 0 saturated heterocycles. The predicted octanol–water partition coefficient (Wildman–Crippen LogP) is 2.98. The van der Waals surface area contributed by atoms with E-state index >= 15 is 0 Å². The fraction of sp³-hybridized carbons (Fsp3) is 0.529. The molecule has 3 rings (SSSR count). The fourth-order valence-corrected chi connectivity index (χ4v) is 4.48. The topological polar surface area (TPSA) is 58.2 Å². The van der Waals surface area contributed by atoms with Crippen LogP contribution in [0.3, 0.4) is 0 Å². The van der Waals surface area contributed by atoms with Gasteiger partial charge in [-0.25, -0.2) is 0 Å². The van der Waals surface area contributed by atoms with E-state index in [1.54, 1.807) is 6.07 Å². The lowest BCUT2D eigenvalue weighted by molar-refractivity contribution is -0.116. The molecule has 118 valence electrons. The summed E-state index contributed by atoms with van der Waals surface area (Å²) in [5.41, 5.74) is 2.59. The molecule has 0 aromatic heterocycles. The SMILES string of the molecule is CCSC1CCCC1NC(=O)c1ccc2c(c1)CCC(=O)N2. The molecule has 2 aliphatic rings. The van der Waals surface area contributed by atoms with Gasteiger partial charge in [-0.05, 0) is 48.8 Å². The van der Waals surface area contributed by atoms with Crippen molar-refractivity contribution in [2.24, 2.45) is 0 Å². The van der Waals surface area contributed by atoms with Crippen molar-refractivity contribution in [3.05, 3.63) is 29.3 Å². The molecule has 4 nitrogen and oxygen atoms in total. The van der Waals surface area contributed by atoms with Crippen LogP contribution in [0.15, 0.2) is 18.2 Å². The van der Waals surface area contributed by atoms with Crippen LogP contribution < -0.4 is 10.6 Å². The lowest BCUT2D eigenvalue weighted by Crippen LogP contribution is -2.38. The summed E-state index contributed by atoms with van der Waals surface area (Å²) < 4.78 is 0. The Morgan fingerprint density at radius 2 is 2.23 bits per heavy atom. The standard InChI is InChI=1S/C17H22N2O2S/c1-2-22-15-5-3-4-14(15)19-17(21)12-6-8-13-11(10-12)7-9-16(20)18-13/h6,8,10,14-15H,2-5,7,9H2,1H3,(H,18,20)(H,19,21). The number of fused-ring (bicyclic) bond motifs is 1. The Morgan fingerprint density at radius 1 is 1.36 bits per heavy atom. The molecule has 2 atom stereocenters. The van der Waals surface area contributed by atoms with Crippen LogP contribution in [0.5, 0.6) is 0 Å². The van der Waals surface area contributed by atoms with Crippen LogP contribution in [0.2, 0.25) is 0 Å². The van der Waals surface area contributed by atoms with Crippen molar-refractivity contribution in [3.8, 4) is 0 Å². The molecule has 1 heterocycles.